The lowest BCUT2D eigenvalue weighted by atomic mass is 9.89. The molecule has 188 valence electrons. The minimum atomic E-state index is -3.81. The van der Waals surface area contributed by atoms with Gasteiger partial charge in [0.25, 0.3) is 0 Å². The van der Waals surface area contributed by atoms with Crippen LogP contribution in [0.4, 0.5) is 4.39 Å². The van der Waals surface area contributed by atoms with Crippen LogP contribution in [0.3, 0.4) is 0 Å². The molecule has 0 aliphatic carbocycles. The fraction of sp³-hybridized carbons (Fsp3) is 0.538. The molecular formula is C26H36FNO4S2. The molecule has 8 heteroatoms. The molecule has 0 aromatic heterocycles. The van der Waals surface area contributed by atoms with E-state index in [-0.39, 0.29) is 48.6 Å². The molecule has 0 saturated carbocycles. The quantitative estimate of drug-likeness (QED) is 0.441. The van der Waals surface area contributed by atoms with E-state index < -0.39 is 30.9 Å². The fourth-order valence-electron chi connectivity index (χ4n) is 4.52. The maximum atomic E-state index is 13.9. The summed E-state index contributed by atoms with van der Waals surface area (Å²) in [6.07, 6.45) is 0.411. The van der Waals surface area contributed by atoms with Crippen molar-refractivity contribution >= 4 is 19.9 Å². The number of hydrogen-bond acceptors (Lipinski definition) is 4. The zero-order valence-corrected chi connectivity index (χ0v) is 22.5. The van der Waals surface area contributed by atoms with E-state index in [1.54, 1.807) is 0 Å². The van der Waals surface area contributed by atoms with E-state index in [9.17, 15) is 21.2 Å². The third kappa shape index (κ3) is 5.24. The highest BCUT2D eigenvalue weighted by molar-refractivity contribution is 7.92. The van der Waals surface area contributed by atoms with Crippen LogP contribution in [-0.2, 0) is 19.9 Å². The number of hydrogen-bond donors (Lipinski definition) is 0. The van der Waals surface area contributed by atoms with Crippen molar-refractivity contribution in [2.45, 2.75) is 87.2 Å². The summed E-state index contributed by atoms with van der Waals surface area (Å²) in [6, 6.07) is 8.84. The van der Waals surface area contributed by atoms with Gasteiger partial charge in [-0.2, -0.15) is 4.31 Å². The Labute approximate surface area is 204 Å². The molecule has 0 unspecified atom stereocenters. The van der Waals surface area contributed by atoms with E-state index in [2.05, 4.69) is 13.8 Å². The van der Waals surface area contributed by atoms with Gasteiger partial charge < -0.3 is 0 Å². The number of benzene rings is 2. The normalized spacial score (nSPS) is 16.6. The van der Waals surface area contributed by atoms with Gasteiger partial charge in [-0.05, 0) is 71.6 Å². The Hall–Kier alpha value is -1.77. The summed E-state index contributed by atoms with van der Waals surface area (Å²) in [5.41, 5.74) is 2.75. The van der Waals surface area contributed by atoms with Gasteiger partial charge >= 0.3 is 0 Å². The summed E-state index contributed by atoms with van der Waals surface area (Å²) in [4.78, 5) is 0.449. The van der Waals surface area contributed by atoms with Crippen LogP contribution in [0.25, 0.3) is 0 Å². The van der Waals surface area contributed by atoms with Crippen LogP contribution >= 0.6 is 0 Å². The minimum absolute atomic E-state index is 0.0253. The van der Waals surface area contributed by atoms with Crippen molar-refractivity contribution < 1.29 is 21.2 Å². The average Bonchev–Trinajstić information content (AvgIpc) is 2.78. The maximum Gasteiger partial charge on any atom is 0.243 e. The summed E-state index contributed by atoms with van der Waals surface area (Å²) < 4.78 is 68.6. The Morgan fingerprint density at radius 3 is 1.68 bits per heavy atom. The van der Waals surface area contributed by atoms with Gasteiger partial charge in [0.2, 0.25) is 10.0 Å². The Bertz CT molecular complexity index is 1200. The van der Waals surface area contributed by atoms with Crippen LogP contribution in [0.15, 0.2) is 46.2 Å². The molecule has 1 fully saturated rings. The molecular weight excluding hydrogens is 473 g/mol. The molecule has 2 aromatic rings. The van der Waals surface area contributed by atoms with Crippen molar-refractivity contribution in [3.05, 3.63) is 58.9 Å². The molecule has 0 atom stereocenters. The highest BCUT2D eigenvalue weighted by atomic mass is 32.2. The highest BCUT2D eigenvalue weighted by Crippen LogP contribution is 2.38. The monoisotopic (exact) mass is 509 g/mol. The van der Waals surface area contributed by atoms with Gasteiger partial charge in [0.15, 0.2) is 9.84 Å². The van der Waals surface area contributed by atoms with Crippen molar-refractivity contribution in [1.82, 2.24) is 4.31 Å². The molecule has 0 bridgehead atoms. The van der Waals surface area contributed by atoms with Crippen molar-refractivity contribution in [1.29, 1.82) is 0 Å². The Kier molecular flexibility index (Phi) is 7.95. The molecule has 1 aliphatic heterocycles. The third-order valence-corrected chi connectivity index (χ3v) is 11.0. The fourth-order valence-corrected chi connectivity index (χ4v) is 8.38. The molecule has 0 spiro atoms. The van der Waals surface area contributed by atoms with Gasteiger partial charge in [-0.25, -0.2) is 21.2 Å². The zero-order valence-electron chi connectivity index (χ0n) is 20.9. The molecule has 1 aliphatic rings. The van der Waals surface area contributed by atoms with Crippen molar-refractivity contribution in [3.8, 4) is 0 Å². The van der Waals surface area contributed by atoms with E-state index in [1.165, 1.54) is 16.4 Å². The predicted octanol–water partition coefficient (Wildman–Crippen LogP) is 5.82. The number of sulfone groups is 1. The number of sulfonamides is 1. The van der Waals surface area contributed by atoms with Gasteiger partial charge in [0.05, 0.1) is 15.0 Å². The zero-order chi connectivity index (χ0) is 25.4. The number of piperidine rings is 1. The first kappa shape index (κ1) is 26.8. The first-order valence-electron chi connectivity index (χ1n) is 11.9. The lowest BCUT2D eigenvalue weighted by Crippen LogP contribution is -2.43. The minimum Gasteiger partial charge on any atom is -0.223 e. The van der Waals surface area contributed by atoms with E-state index in [0.717, 1.165) is 28.8 Å². The Balaban J connectivity index is 1.94. The highest BCUT2D eigenvalue weighted by Gasteiger charge is 2.38. The summed E-state index contributed by atoms with van der Waals surface area (Å²) in [5, 5.41) is -0.693. The van der Waals surface area contributed by atoms with Crippen LogP contribution in [0.2, 0.25) is 0 Å². The second-order valence-corrected chi connectivity index (χ2v) is 14.2. The van der Waals surface area contributed by atoms with Crippen LogP contribution in [-0.4, -0.2) is 39.5 Å². The third-order valence-electron chi connectivity index (χ3n) is 6.66. The molecule has 1 heterocycles. The molecule has 34 heavy (non-hydrogen) atoms. The topological polar surface area (TPSA) is 71.5 Å². The van der Waals surface area contributed by atoms with E-state index >= 15 is 0 Å². The van der Waals surface area contributed by atoms with Gasteiger partial charge in [0, 0.05) is 13.1 Å². The first-order valence-corrected chi connectivity index (χ1v) is 14.9. The molecule has 5 nitrogen and oxygen atoms in total. The van der Waals surface area contributed by atoms with E-state index in [0.29, 0.717) is 4.90 Å². The Morgan fingerprint density at radius 2 is 1.26 bits per heavy atom. The summed E-state index contributed by atoms with van der Waals surface area (Å²) >= 11 is 0. The van der Waals surface area contributed by atoms with Crippen LogP contribution < -0.4 is 0 Å². The van der Waals surface area contributed by atoms with Crippen molar-refractivity contribution in [3.63, 3.8) is 0 Å². The SMILES string of the molecule is CC(C)c1cc(C(C)C)c(S(=O)(=O)N2CCC(S(=O)(=O)c3ccc(F)cc3)CC2)c(C(C)C)c1. The van der Waals surface area contributed by atoms with Crippen molar-refractivity contribution in [2.24, 2.45) is 0 Å². The second kappa shape index (κ2) is 10.1. The van der Waals surface area contributed by atoms with Crippen LogP contribution in [0.5, 0.6) is 0 Å². The lowest BCUT2D eigenvalue weighted by Gasteiger charge is -2.33. The van der Waals surface area contributed by atoms with E-state index in [4.69, 9.17) is 0 Å². The van der Waals surface area contributed by atoms with Gasteiger partial charge in [-0.15, -0.1) is 0 Å². The smallest absolute Gasteiger partial charge is 0.223 e. The predicted molar refractivity (Wildman–Crippen MR) is 134 cm³/mol. The van der Waals surface area contributed by atoms with Gasteiger partial charge in [0.1, 0.15) is 5.82 Å². The standard InChI is InChI=1S/C26H36FNO4S2/c1-17(2)20-15-24(18(3)4)26(25(16-20)19(5)6)34(31,32)28-13-11-23(12-14-28)33(29,30)22-9-7-21(27)8-10-22/h7-10,15-19,23H,11-14H2,1-6H3. The number of rotatable bonds is 7. The van der Waals surface area contributed by atoms with E-state index in [1.807, 2.05) is 39.8 Å². The number of halogens is 1. The molecule has 2 aromatic carbocycles. The molecule has 0 N–H and O–H groups in total. The first-order chi connectivity index (χ1) is 15.8. The van der Waals surface area contributed by atoms with Crippen LogP contribution in [0, 0.1) is 5.82 Å². The summed E-state index contributed by atoms with van der Waals surface area (Å²) in [6.45, 7) is 12.5. The number of nitrogens with zero attached hydrogens (tertiary/aromatic N) is 1. The van der Waals surface area contributed by atoms with Crippen LogP contribution in [0.1, 0.15) is 88.8 Å². The molecule has 0 amide bonds. The summed E-state index contributed by atoms with van der Waals surface area (Å²) in [5.74, 6) is -0.167. The molecule has 3 rings (SSSR count). The summed E-state index contributed by atoms with van der Waals surface area (Å²) in [7, 11) is -7.46. The average molecular weight is 510 g/mol. The van der Waals surface area contributed by atoms with Crippen molar-refractivity contribution in [2.75, 3.05) is 13.1 Å². The largest absolute Gasteiger partial charge is 0.243 e. The lowest BCUT2D eigenvalue weighted by molar-refractivity contribution is 0.345. The van der Waals surface area contributed by atoms with Gasteiger partial charge in [-0.1, -0.05) is 53.7 Å². The Morgan fingerprint density at radius 1 is 0.794 bits per heavy atom. The van der Waals surface area contributed by atoms with Gasteiger partial charge in [-0.3, -0.25) is 0 Å². The maximum absolute atomic E-state index is 13.9. The molecule has 1 saturated heterocycles. The second-order valence-electron chi connectivity index (χ2n) is 10.1. The molecule has 0 radical (unpaired) electrons.